The van der Waals surface area contributed by atoms with E-state index >= 15 is 0 Å². The summed E-state index contributed by atoms with van der Waals surface area (Å²) in [6.45, 7) is 0. The van der Waals surface area contributed by atoms with E-state index in [-0.39, 0.29) is 5.92 Å². The topological polar surface area (TPSA) is 32.6 Å². The lowest BCUT2D eigenvalue weighted by Gasteiger charge is -2.15. The van der Waals surface area contributed by atoms with E-state index < -0.39 is 0 Å². The minimum absolute atomic E-state index is 0.244. The zero-order valence-electron chi connectivity index (χ0n) is 9.53. The third-order valence-electron chi connectivity index (χ3n) is 2.83. The molecule has 2 heteroatoms. The van der Waals surface area contributed by atoms with Crippen LogP contribution in [-0.4, -0.2) is 11.4 Å². The van der Waals surface area contributed by atoms with Crippen molar-refractivity contribution >= 4 is 6.21 Å². The Balaban J connectivity index is 2.32. The van der Waals surface area contributed by atoms with Crippen molar-refractivity contribution in [2.45, 2.75) is 12.3 Å². The van der Waals surface area contributed by atoms with E-state index in [0.717, 1.165) is 0 Å². The molecule has 0 atom stereocenters. The number of oxime groups is 1. The van der Waals surface area contributed by atoms with Crippen molar-refractivity contribution in [1.29, 1.82) is 0 Å². The van der Waals surface area contributed by atoms with E-state index in [1.165, 1.54) is 11.1 Å². The highest BCUT2D eigenvalue weighted by atomic mass is 16.4. The molecule has 2 aromatic rings. The molecule has 0 aliphatic heterocycles. The molecular formula is C15H15NO. The van der Waals surface area contributed by atoms with Crippen LogP contribution in [0.2, 0.25) is 0 Å². The van der Waals surface area contributed by atoms with Crippen molar-refractivity contribution in [3.8, 4) is 0 Å². The Kier molecular flexibility index (Phi) is 3.92. The summed E-state index contributed by atoms with van der Waals surface area (Å²) in [6, 6.07) is 20.5. The highest BCUT2D eigenvalue weighted by Gasteiger charge is 2.12. The molecule has 0 amide bonds. The SMILES string of the molecule is ON=CCC(c1ccccc1)c1ccccc1. The van der Waals surface area contributed by atoms with Crippen LogP contribution in [0.4, 0.5) is 0 Å². The maximum Gasteiger partial charge on any atom is 0.0445 e. The first-order valence-electron chi connectivity index (χ1n) is 5.67. The lowest BCUT2D eigenvalue weighted by molar-refractivity contribution is 0.320. The Morgan fingerprint density at radius 3 is 1.76 bits per heavy atom. The second kappa shape index (κ2) is 5.85. The van der Waals surface area contributed by atoms with Gasteiger partial charge in [0.2, 0.25) is 0 Å². The average molecular weight is 225 g/mol. The maximum atomic E-state index is 8.58. The quantitative estimate of drug-likeness (QED) is 0.480. The Hall–Kier alpha value is -2.09. The van der Waals surface area contributed by atoms with Gasteiger partial charge < -0.3 is 5.21 Å². The van der Waals surface area contributed by atoms with E-state index in [1.807, 2.05) is 36.4 Å². The van der Waals surface area contributed by atoms with Gasteiger partial charge in [-0.05, 0) is 17.5 Å². The Morgan fingerprint density at radius 1 is 0.882 bits per heavy atom. The molecule has 0 radical (unpaired) electrons. The van der Waals surface area contributed by atoms with Crippen molar-refractivity contribution in [1.82, 2.24) is 0 Å². The largest absolute Gasteiger partial charge is 0.411 e. The van der Waals surface area contributed by atoms with E-state index in [2.05, 4.69) is 29.4 Å². The molecule has 1 N–H and O–H groups in total. The van der Waals surface area contributed by atoms with Crippen LogP contribution in [0.3, 0.4) is 0 Å². The minimum atomic E-state index is 0.244. The normalized spacial score (nSPS) is 11.1. The van der Waals surface area contributed by atoms with E-state index in [4.69, 9.17) is 5.21 Å². The summed E-state index contributed by atoms with van der Waals surface area (Å²) >= 11 is 0. The zero-order valence-corrected chi connectivity index (χ0v) is 9.53. The first-order valence-corrected chi connectivity index (χ1v) is 5.67. The van der Waals surface area contributed by atoms with Gasteiger partial charge >= 0.3 is 0 Å². The van der Waals surface area contributed by atoms with Crippen LogP contribution in [0, 0.1) is 0 Å². The van der Waals surface area contributed by atoms with Crippen LogP contribution in [-0.2, 0) is 0 Å². The highest BCUT2D eigenvalue weighted by molar-refractivity contribution is 5.59. The van der Waals surface area contributed by atoms with Crippen LogP contribution >= 0.6 is 0 Å². The monoisotopic (exact) mass is 225 g/mol. The van der Waals surface area contributed by atoms with Crippen LogP contribution in [0.15, 0.2) is 65.8 Å². The molecule has 0 aliphatic rings. The Morgan fingerprint density at radius 2 is 1.35 bits per heavy atom. The number of nitrogens with zero attached hydrogens (tertiary/aromatic N) is 1. The van der Waals surface area contributed by atoms with Crippen molar-refractivity contribution < 1.29 is 5.21 Å². The summed E-state index contributed by atoms with van der Waals surface area (Å²) in [6.07, 6.45) is 2.25. The molecular weight excluding hydrogens is 210 g/mol. The van der Waals surface area contributed by atoms with Gasteiger partial charge in [0.25, 0.3) is 0 Å². The molecule has 0 aliphatic carbocycles. The van der Waals surface area contributed by atoms with Gasteiger partial charge in [-0.1, -0.05) is 60.7 Å². The van der Waals surface area contributed by atoms with Crippen LogP contribution < -0.4 is 0 Å². The molecule has 0 spiro atoms. The molecule has 0 aromatic heterocycles. The predicted octanol–water partition coefficient (Wildman–Crippen LogP) is 3.67. The molecule has 0 fully saturated rings. The second-order valence-electron chi connectivity index (χ2n) is 3.91. The van der Waals surface area contributed by atoms with Gasteiger partial charge in [-0.15, -0.1) is 5.16 Å². The molecule has 0 saturated carbocycles. The number of benzene rings is 2. The fourth-order valence-corrected chi connectivity index (χ4v) is 1.99. The Labute approximate surface area is 101 Å². The molecule has 86 valence electrons. The standard InChI is InChI=1S/C15H15NO/c17-16-12-11-15(13-7-3-1-4-8-13)14-9-5-2-6-10-14/h1-10,12,15,17H,11H2. The first-order chi connectivity index (χ1) is 8.42. The summed E-state index contributed by atoms with van der Waals surface area (Å²) < 4.78 is 0. The highest BCUT2D eigenvalue weighted by Crippen LogP contribution is 2.26. The molecule has 0 unspecified atom stereocenters. The number of rotatable bonds is 4. The summed E-state index contributed by atoms with van der Waals surface area (Å²) in [4.78, 5) is 0. The van der Waals surface area contributed by atoms with Gasteiger partial charge in [0.05, 0.1) is 0 Å². The van der Waals surface area contributed by atoms with Crippen molar-refractivity contribution in [3.05, 3.63) is 71.8 Å². The lowest BCUT2D eigenvalue weighted by atomic mass is 9.89. The van der Waals surface area contributed by atoms with Gasteiger partial charge in [-0.2, -0.15) is 0 Å². The molecule has 2 rings (SSSR count). The summed E-state index contributed by atoms with van der Waals surface area (Å²) in [7, 11) is 0. The zero-order chi connectivity index (χ0) is 11.9. The summed E-state index contributed by atoms with van der Waals surface area (Å²) in [5, 5.41) is 11.7. The van der Waals surface area contributed by atoms with Crippen LogP contribution in [0.1, 0.15) is 23.5 Å². The molecule has 0 bridgehead atoms. The third kappa shape index (κ3) is 2.94. The summed E-state index contributed by atoms with van der Waals surface area (Å²) in [5.74, 6) is 0.244. The van der Waals surface area contributed by atoms with Gasteiger partial charge in [0, 0.05) is 12.1 Å². The number of hydrogen-bond donors (Lipinski definition) is 1. The molecule has 2 nitrogen and oxygen atoms in total. The second-order valence-corrected chi connectivity index (χ2v) is 3.91. The molecule has 17 heavy (non-hydrogen) atoms. The molecule has 0 heterocycles. The number of hydrogen-bond acceptors (Lipinski definition) is 2. The van der Waals surface area contributed by atoms with E-state index in [0.29, 0.717) is 6.42 Å². The van der Waals surface area contributed by atoms with Crippen molar-refractivity contribution in [2.75, 3.05) is 0 Å². The van der Waals surface area contributed by atoms with Gasteiger partial charge in [-0.3, -0.25) is 0 Å². The van der Waals surface area contributed by atoms with E-state index in [1.54, 1.807) is 6.21 Å². The fourth-order valence-electron chi connectivity index (χ4n) is 1.99. The average Bonchev–Trinajstić information content (AvgIpc) is 2.42. The summed E-state index contributed by atoms with van der Waals surface area (Å²) in [5.41, 5.74) is 2.47. The van der Waals surface area contributed by atoms with Crippen molar-refractivity contribution in [3.63, 3.8) is 0 Å². The van der Waals surface area contributed by atoms with Gasteiger partial charge in [0.15, 0.2) is 0 Å². The van der Waals surface area contributed by atoms with Gasteiger partial charge in [-0.25, -0.2) is 0 Å². The lowest BCUT2D eigenvalue weighted by Crippen LogP contribution is -2.01. The van der Waals surface area contributed by atoms with Gasteiger partial charge in [0.1, 0.15) is 0 Å². The minimum Gasteiger partial charge on any atom is -0.411 e. The van der Waals surface area contributed by atoms with E-state index in [9.17, 15) is 0 Å². The first kappa shape index (κ1) is 11.4. The predicted molar refractivity (Wildman–Crippen MR) is 69.6 cm³/mol. The smallest absolute Gasteiger partial charge is 0.0445 e. The molecule has 2 aromatic carbocycles. The van der Waals surface area contributed by atoms with Crippen molar-refractivity contribution in [2.24, 2.45) is 5.16 Å². The van der Waals surface area contributed by atoms with Crippen LogP contribution in [0.25, 0.3) is 0 Å². The maximum absolute atomic E-state index is 8.58. The molecule has 0 saturated heterocycles. The Bertz CT molecular complexity index is 425. The third-order valence-corrected chi connectivity index (χ3v) is 2.83. The van der Waals surface area contributed by atoms with Crippen LogP contribution in [0.5, 0.6) is 0 Å². The fraction of sp³-hybridized carbons (Fsp3) is 0.133.